The van der Waals surface area contributed by atoms with Crippen molar-refractivity contribution < 1.29 is 4.79 Å². The number of fused-ring (bicyclic) bond motifs is 1. The summed E-state index contributed by atoms with van der Waals surface area (Å²) in [5.74, 6) is 0.312. The third-order valence-corrected chi connectivity index (χ3v) is 5.08. The van der Waals surface area contributed by atoms with Crippen LogP contribution in [0.4, 0.5) is 10.5 Å². The quantitative estimate of drug-likeness (QED) is 0.277. The predicted molar refractivity (Wildman–Crippen MR) is 126 cm³/mol. The summed E-state index contributed by atoms with van der Waals surface area (Å²) in [5, 5.41) is 4.10. The maximum absolute atomic E-state index is 13.1. The minimum Gasteiger partial charge on any atom is -0.322 e. The molecule has 0 saturated carbocycles. The molecule has 8 heteroatoms. The number of para-hydroxylation sites is 2. The fraction of sp³-hybridized carbons (Fsp3) is 0.0435. The van der Waals surface area contributed by atoms with Crippen molar-refractivity contribution in [2.75, 3.05) is 4.72 Å². The topological polar surface area (TPSA) is 88.4 Å². The summed E-state index contributed by atoms with van der Waals surface area (Å²) in [6, 6.07) is 24.0. The van der Waals surface area contributed by atoms with Crippen LogP contribution in [-0.2, 0) is 0 Å². The number of carbonyl (C=O) groups excluding carboxylic acids is 1. The number of carbonyl (C=O) groups is 1. The van der Waals surface area contributed by atoms with Crippen LogP contribution in [0.2, 0.25) is 0 Å². The fourth-order valence-electron chi connectivity index (χ4n) is 2.96. The second-order valence-electron chi connectivity index (χ2n) is 6.69. The zero-order valence-corrected chi connectivity index (χ0v) is 17.5. The largest absolute Gasteiger partial charge is 0.322 e. The van der Waals surface area contributed by atoms with Gasteiger partial charge in [0, 0.05) is 17.6 Å². The van der Waals surface area contributed by atoms with Gasteiger partial charge < -0.3 is 4.72 Å². The third-order valence-electron chi connectivity index (χ3n) is 4.47. The van der Waals surface area contributed by atoms with Gasteiger partial charge in [0.25, 0.3) is 5.56 Å². The van der Waals surface area contributed by atoms with Gasteiger partial charge in [0.2, 0.25) is 0 Å². The van der Waals surface area contributed by atoms with Gasteiger partial charge in [0.1, 0.15) is 0 Å². The molecule has 0 atom stereocenters. The molecular weight excluding hydrogens is 410 g/mol. The van der Waals surface area contributed by atoms with E-state index < -0.39 is 5.24 Å². The van der Waals surface area contributed by atoms with Gasteiger partial charge in [-0.05, 0) is 43.3 Å². The van der Waals surface area contributed by atoms with Crippen LogP contribution in [0.15, 0.2) is 88.8 Å². The first-order valence-electron chi connectivity index (χ1n) is 9.51. The van der Waals surface area contributed by atoms with Gasteiger partial charge >= 0.3 is 5.24 Å². The second-order valence-corrected chi connectivity index (χ2v) is 7.47. The molecule has 0 radical (unpaired) electrons. The Hall–Kier alpha value is -3.91. The van der Waals surface area contributed by atoms with Gasteiger partial charge in [-0.15, -0.1) is 0 Å². The molecule has 2 N–H and O–H groups in total. The molecule has 7 nitrogen and oxygen atoms in total. The van der Waals surface area contributed by atoms with E-state index in [0.717, 1.165) is 23.2 Å². The number of nitrogens with zero attached hydrogens (tertiary/aromatic N) is 3. The van der Waals surface area contributed by atoms with Crippen LogP contribution in [0.3, 0.4) is 0 Å². The average Bonchev–Trinajstić information content (AvgIpc) is 2.79. The van der Waals surface area contributed by atoms with Crippen LogP contribution in [0, 0.1) is 6.92 Å². The number of nitrogens with one attached hydrogen (secondary N) is 2. The Kier molecular flexibility index (Phi) is 6.09. The molecule has 0 bridgehead atoms. The van der Waals surface area contributed by atoms with E-state index >= 15 is 0 Å². The SMILES string of the molecule is Cc1ccc(NSC(=O)N/N=C/c2nc3ccccc3c(=O)n2-c2ccccc2)cc1. The standard InChI is InChI=1S/C23H19N5O2S/c1-16-11-13-17(14-12-16)27-31-23(30)26-24-15-21-25-20-10-6-5-9-19(20)22(29)28(21)18-7-3-2-4-8-18/h2-15,27H,1H3,(H,26,30)/b24-15+. The molecule has 0 unspecified atom stereocenters. The van der Waals surface area contributed by atoms with Crippen molar-refractivity contribution in [3.05, 3.63) is 101 Å². The molecule has 1 aromatic heterocycles. The van der Waals surface area contributed by atoms with Gasteiger partial charge in [-0.25, -0.2) is 10.4 Å². The summed E-state index contributed by atoms with van der Waals surface area (Å²) in [4.78, 5) is 29.7. The van der Waals surface area contributed by atoms with Crippen molar-refractivity contribution >= 4 is 40.0 Å². The third kappa shape index (κ3) is 4.81. The van der Waals surface area contributed by atoms with Crippen molar-refractivity contribution in [2.24, 2.45) is 5.10 Å². The van der Waals surface area contributed by atoms with Crippen LogP contribution in [-0.4, -0.2) is 21.0 Å². The molecule has 154 valence electrons. The molecule has 1 heterocycles. The van der Waals surface area contributed by atoms with Gasteiger partial charge in [-0.2, -0.15) is 5.10 Å². The van der Waals surface area contributed by atoms with E-state index in [4.69, 9.17) is 0 Å². The number of rotatable bonds is 5. The Bertz CT molecular complexity index is 1300. The lowest BCUT2D eigenvalue weighted by atomic mass is 10.2. The van der Waals surface area contributed by atoms with Gasteiger partial charge in [0.15, 0.2) is 5.82 Å². The maximum atomic E-state index is 13.1. The Morgan fingerprint density at radius 1 is 1.00 bits per heavy atom. The summed E-state index contributed by atoms with van der Waals surface area (Å²) >= 11 is 0.874. The van der Waals surface area contributed by atoms with Crippen LogP contribution >= 0.6 is 11.9 Å². The van der Waals surface area contributed by atoms with E-state index in [2.05, 4.69) is 20.2 Å². The van der Waals surface area contributed by atoms with Crippen LogP contribution in [0.25, 0.3) is 16.6 Å². The fourth-order valence-corrected chi connectivity index (χ4v) is 3.40. The molecule has 0 aliphatic rings. The number of anilines is 1. The second kappa shape index (κ2) is 9.27. The average molecular weight is 430 g/mol. The first-order valence-corrected chi connectivity index (χ1v) is 10.3. The predicted octanol–water partition coefficient (Wildman–Crippen LogP) is 4.50. The van der Waals surface area contributed by atoms with Crippen LogP contribution in [0.5, 0.6) is 0 Å². The number of benzene rings is 3. The van der Waals surface area contributed by atoms with E-state index in [0.29, 0.717) is 22.4 Å². The molecule has 0 spiro atoms. The lowest BCUT2D eigenvalue weighted by Crippen LogP contribution is -2.24. The highest BCUT2D eigenvalue weighted by Gasteiger charge is 2.11. The molecule has 0 aliphatic carbocycles. The lowest BCUT2D eigenvalue weighted by Gasteiger charge is -2.10. The summed E-state index contributed by atoms with van der Waals surface area (Å²) in [6.07, 6.45) is 1.37. The minimum atomic E-state index is -0.397. The maximum Gasteiger partial charge on any atom is 0.319 e. The van der Waals surface area contributed by atoms with Crippen LogP contribution < -0.4 is 15.7 Å². The van der Waals surface area contributed by atoms with Gasteiger partial charge in [0.05, 0.1) is 22.8 Å². The summed E-state index contributed by atoms with van der Waals surface area (Å²) < 4.78 is 4.42. The Morgan fingerprint density at radius 3 is 2.48 bits per heavy atom. The normalized spacial score (nSPS) is 11.0. The van der Waals surface area contributed by atoms with Crippen molar-refractivity contribution in [1.82, 2.24) is 15.0 Å². The first kappa shape index (κ1) is 20.4. The van der Waals surface area contributed by atoms with Gasteiger partial charge in [-0.1, -0.05) is 48.0 Å². The smallest absolute Gasteiger partial charge is 0.319 e. The van der Waals surface area contributed by atoms with Crippen molar-refractivity contribution in [2.45, 2.75) is 6.92 Å². The highest BCUT2D eigenvalue weighted by Crippen LogP contribution is 2.14. The van der Waals surface area contributed by atoms with Crippen LogP contribution in [0.1, 0.15) is 11.4 Å². The van der Waals surface area contributed by atoms with Crippen molar-refractivity contribution in [3.63, 3.8) is 0 Å². The summed E-state index contributed by atoms with van der Waals surface area (Å²) in [6.45, 7) is 1.99. The molecule has 0 saturated heterocycles. The number of hydrogen-bond acceptors (Lipinski definition) is 6. The highest BCUT2D eigenvalue weighted by atomic mass is 32.2. The van der Waals surface area contributed by atoms with E-state index in [1.807, 2.05) is 67.6 Å². The zero-order valence-electron chi connectivity index (χ0n) is 16.6. The molecule has 31 heavy (non-hydrogen) atoms. The number of amides is 1. The number of hydrazone groups is 1. The molecule has 4 rings (SSSR count). The minimum absolute atomic E-state index is 0.208. The number of aryl methyl sites for hydroxylation is 1. The molecule has 0 aliphatic heterocycles. The van der Waals surface area contributed by atoms with E-state index in [1.165, 1.54) is 10.8 Å². The summed E-state index contributed by atoms with van der Waals surface area (Å²) in [7, 11) is 0. The molecule has 1 amide bonds. The number of hydrogen-bond donors (Lipinski definition) is 2. The molecule has 4 aromatic rings. The molecular formula is C23H19N5O2S. The highest BCUT2D eigenvalue weighted by molar-refractivity contribution is 8.14. The van der Waals surface area contributed by atoms with Gasteiger partial charge in [-0.3, -0.25) is 14.2 Å². The molecule has 0 fully saturated rings. The summed E-state index contributed by atoms with van der Waals surface area (Å²) in [5.41, 5.74) is 5.39. The van der Waals surface area contributed by atoms with E-state index in [1.54, 1.807) is 18.2 Å². The lowest BCUT2D eigenvalue weighted by molar-refractivity contribution is 0.261. The van der Waals surface area contributed by atoms with Crippen molar-refractivity contribution in [1.29, 1.82) is 0 Å². The Balaban J connectivity index is 1.55. The Labute approximate surface area is 183 Å². The van der Waals surface area contributed by atoms with E-state index in [9.17, 15) is 9.59 Å². The first-order chi connectivity index (χ1) is 15.1. The molecule has 3 aromatic carbocycles. The van der Waals surface area contributed by atoms with Crippen molar-refractivity contribution in [3.8, 4) is 5.69 Å². The van der Waals surface area contributed by atoms with E-state index in [-0.39, 0.29) is 5.56 Å². The Morgan fingerprint density at radius 2 is 1.71 bits per heavy atom. The zero-order chi connectivity index (χ0) is 21.6. The number of aromatic nitrogens is 2. The monoisotopic (exact) mass is 429 g/mol.